The SMILES string of the molecule is Cc1cc(Oc2cncc(CCN)c2)ccc1Br. The average Bonchev–Trinajstić information content (AvgIpc) is 2.35. The summed E-state index contributed by atoms with van der Waals surface area (Å²) in [5.41, 5.74) is 7.75. The average molecular weight is 307 g/mol. The van der Waals surface area contributed by atoms with E-state index in [4.69, 9.17) is 10.5 Å². The van der Waals surface area contributed by atoms with E-state index in [0.717, 1.165) is 33.5 Å². The molecule has 0 radical (unpaired) electrons. The van der Waals surface area contributed by atoms with E-state index in [9.17, 15) is 0 Å². The molecule has 0 saturated carbocycles. The fourth-order valence-electron chi connectivity index (χ4n) is 1.64. The van der Waals surface area contributed by atoms with Crippen molar-refractivity contribution in [1.29, 1.82) is 0 Å². The van der Waals surface area contributed by atoms with Gasteiger partial charge in [0.05, 0.1) is 6.20 Å². The molecule has 0 spiro atoms. The summed E-state index contributed by atoms with van der Waals surface area (Å²) in [6, 6.07) is 7.85. The van der Waals surface area contributed by atoms with Crippen LogP contribution in [0.4, 0.5) is 0 Å². The monoisotopic (exact) mass is 306 g/mol. The van der Waals surface area contributed by atoms with Gasteiger partial charge in [-0.25, -0.2) is 0 Å². The van der Waals surface area contributed by atoms with Crippen molar-refractivity contribution >= 4 is 15.9 Å². The smallest absolute Gasteiger partial charge is 0.145 e. The molecule has 0 unspecified atom stereocenters. The minimum atomic E-state index is 0.614. The third-order valence-electron chi connectivity index (χ3n) is 2.57. The summed E-state index contributed by atoms with van der Waals surface area (Å²) >= 11 is 3.47. The second kappa shape index (κ2) is 5.98. The summed E-state index contributed by atoms with van der Waals surface area (Å²) in [6.07, 6.45) is 4.33. The minimum Gasteiger partial charge on any atom is -0.456 e. The van der Waals surface area contributed by atoms with Crippen molar-refractivity contribution in [2.45, 2.75) is 13.3 Å². The number of nitrogens with zero attached hydrogens (tertiary/aromatic N) is 1. The summed E-state index contributed by atoms with van der Waals surface area (Å²) in [5.74, 6) is 1.55. The third kappa shape index (κ3) is 3.31. The Kier molecular flexibility index (Phi) is 4.33. The Labute approximate surface area is 115 Å². The molecule has 3 nitrogen and oxygen atoms in total. The van der Waals surface area contributed by atoms with Gasteiger partial charge in [-0.15, -0.1) is 0 Å². The standard InChI is InChI=1S/C14H15BrN2O/c1-10-6-12(2-3-14(10)15)18-13-7-11(4-5-16)8-17-9-13/h2-3,6-9H,4-5,16H2,1H3. The Morgan fingerprint density at radius 1 is 1.22 bits per heavy atom. The normalized spacial score (nSPS) is 10.4. The van der Waals surface area contributed by atoms with Crippen molar-refractivity contribution in [1.82, 2.24) is 4.98 Å². The molecule has 18 heavy (non-hydrogen) atoms. The van der Waals surface area contributed by atoms with Gasteiger partial charge in [0.25, 0.3) is 0 Å². The van der Waals surface area contributed by atoms with Crippen molar-refractivity contribution in [2.75, 3.05) is 6.54 Å². The van der Waals surface area contributed by atoms with E-state index >= 15 is 0 Å². The number of hydrogen-bond donors (Lipinski definition) is 1. The topological polar surface area (TPSA) is 48.1 Å². The van der Waals surface area contributed by atoms with Crippen molar-refractivity contribution in [3.63, 3.8) is 0 Å². The molecule has 94 valence electrons. The van der Waals surface area contributed by atoms with E-state index in [0.29, 0.717) is 6.54 Å². The van der Waals surface area contributed by atoms with Gasteiger partial charge >= 0.3 is 0 Å². The molecular formula is C14H15BrN2O. The number of hydrogen-bond acceptors (Lipinski definition) is 3. The lowest BCUT2D eigenvalue weighted by atomic mass is 10.2. The molecular weight excluding hydrogens is 292 g/mol. The van der Waals surface area contributed by atoms with Gasteiger partial charge in [0.1, 0.15) is 11.5 Å². The van der Waals surface area contributed by atoms with Crippen LogP contribution in [0.25, 0.3) is 0 Å². The van der Waals surface area contributed by atoms with E-state index in [-0.39, 0.29) is 0 Å². The first kappa shape index (κ1) is 13.1. The predicted octanol–water partition coefficient (Wildman–Crippen LogP) is 3.45. The van der Waals surface area contributed by atoms with Crippen LogP contribution in [0.15, 0.2) is 41.1 Å². The highest BCUT2D eigenvalue weighted by Gasteiger charge is 2.02. The first-order valence-corrected chi connectivity index (χ1v) is 6.56. The van der Waals surface area contributed by atoms with Crippen LogP contribution in [0.2, 0.25) is 0 Å². The van der Waals surface area contributed by atoms with Gasteiger partial charge in [-0.1, -0.05) is 15.9 Å². The van der Waals surface area contributed by atoms with Gasteiger partial charge in [-0.3, -0.25) is 4.98 Å². The number of ether oxygens (including phenoxy) is 1. The second-order valence-electron chi connectivity index (χ2n) is 4.08. The lowest BCUT2D eigenvalue weighted by Crippen LogP contribution is -2.03. The summed E-state index contributed by atoms with van der Waals surface area (Å²) in [7, 11) is 0. The summed E-state index contributed by atoms with van der Waals surface area (Å²) in [6.45, 7) is 2.64. The molecule has 0 aliphatic heterocycles. The molecule has 0 bridgehead atoms. The number of benzene rings is 1. The largest absolute Gasteiger partial charge is 0.456 e. The third-order valence-corrected chi connectivity index (χ3v) is 3.46. The number of halogens is 1. The molecule has 0 amide bonds. The van der Waals surface area contributed by atoms with Gasteiger partial charge in [-0.2, -0.15) is 0 Å². The summed E-state index contributed by atoms with van der Waals surface area (Å²) < 4.78 is 6.85. The summed E-state index contributed by atoms with van der Waals surface area (Å²) in [4.78, 5) is 4.15. The predicted molar refractivity (Wildman–Crippen MR) is 75.9 cm³/mol. The zero-order chi connectivity index (χ0) is 13.0. The zero-order valence-electron chi connectivity index (χ0n) is 10.2. The molecule has 1 heterocycles. The Balaban J connectivity index is 2.17. The van der Waals surface area contributed by atoms with Crippen LogP contribution in [0.1, 0.15) is 11.1 Å². The van der Waals surface area contributed by atoms with Gasteiger partial charge < -0.3 is 10.5 Å². The number of pyridine rings is 1. The van der Waals surface area contributed by atoms with E-state index in [2.05, 4.69) is 20.9 Å². The summed E-state index contributed by atoms with van der Waals surface area (Å²) in [5, 5.41) is 0. The van der Waals surface area contributed by atoms with Crippen molar-refractivity contribution in [2.24, 2.45) is 5.73 Å². The minimum absolute atomic E-state index is 0.614. The Hall–Kier alpha value is -1.39. The maximum atomic E-state index is 5.78. The Morgan fingerprint density at radius 2 is 2.06 bits per heavy atom. The lowest BCUT2D eigenvalue weighted by Gasteiger charge is -2.08. The zero-order valence-corrected chi connectivity index (χ0v) is 11.8. The fourth-order valence-corrected chi connectivity index (χ4v) is 1.89. The number of rotatable bonds is 4. The van der Waals surface area contributed by atoms with Crippen LogP contribution in [0.3, 0.4) is 0 Å². The van der Waals surface area contributed by atoms with E-state index < -0.39 is 0 Å². The highest BCUT2D eigenvalue weighted by molar-refractivity contribution is 9.10. The van der Waals surface area contributed by atoms with Crippen LogP contribution in [0, 0.1) is 6.92 Å². The molecule has 0 saturated heterocycles. The number of aromatic nitrogens is 1. The van der Waals surface area contributed by atoms with Gasteiger partial charge in [0, 0.05) is 10.7 Å². The molecule has 4 heteroatoms. The number of nitrogens with two attached hydrogens (primary N) is 1. The Morgan fingerprint density at radius 3 is 2.78 bits per heavy atom. The van der Waals surface area contributed by atoms with Crippen LogP contribution < -0.4 is 10.5 Å². The molecule has 0 aliphatic carbocycles. The maximum absolute atomic E-state index is 5.78. The molecule has 0 fully saturated rings. The van der Waals surface area contributed by atoms with Crippen LogP contribution in [0.5, 0.6) is 11.5 Å². The van der Waals surface area contributed by atoms with Crippen molar-refractivity contribution < 1.29 is 4.74 Å². The maximum Gasteiger partial charge on any atom is 0.145 e. The van der Waals surface area contributed by atoms with Crippen molar-refractivity contribution in [3.8, 4) is 11.5 Å². The van der Waals surface area contributed by atoms with Crippen LogP contribution in [-0.2, 0) is 6.42 Å². The lowest BCUT2D eigenvalue weighted by molar-refractivity contribution is 0.479. The van der Waals surface area contributed by atoms with Gasteiger partial charge in [0.15, 0.2) is 0 Å². The molecule has 2 aromatic rings. The molecule has 0 aliphatic rings. The Bertz CT molecular complexity index is 543. The van der Waals surface area contributed by atoms with E-state index in [1.807, 2.05) is 37.4 Å². The molecule has 1 aromatic carbocycles. The molecule has 1 aromatic heterocycles. The molecule has 2 rings (SSSR count). The van der Waals surface area contributed by atoms with E-state index in [1.54, 1.807) is 6.20 Å². The van der Waals surface area contributed by atoms with Gasteiger partial charge in [0.2, 0.25) is 0 Å². The highest BCUT2D eigenvalue weighted by atomic mass is 79.9. The first-order valence-electron chi connectivity index (χ1n) is 5.77. The highest BCUT2D eigenvalue weighted by Crippen LogP contribution is 2.26. The first-order chi connectivity index (χ1) is 8.69. The second-order valence-corrected chi connectivity index (χ2v) is 4.93. The van der Waals surface area contributed by atoms with Gasteiger partial charge in [-0.05, 0) is 55.3 Å². The van der Waals surface area contributed by atoms with Crippen molar-refractivity contribution in [3.05, 3.63) is 52.3 Å². The fraction of sp³-hybridized carbons (Fsp3) is 0.214. The molecule has 2 N–H and O–H groups in total. The van der Waals surface area contributed by atoms with Crippen LogP contribution >= 0.6 is 15.9 Å². The van der Waals surface area contributed by atoms with Crippen LogP contribution in [-0.4, -0.2) is 11.5 Å². The quantitative estimate of drug-likeness (QED) is 0.941. The van der Waals surface area contributed by atoms with E-state index in [1.165, 1.54) is 0 Å². The molecule has 0 atom stereocenters. The number of aryl methyl sites for hydroxylation is 1.